The monoisotopic (exact) mass is 404 g/mol. The Hall–Kier alpha value is -1.36. The molecule has 0 spiro atoms. The number of aliphatic imine (C=N–C) groups is 1. The van der Waals surface area contributed by atoms with Crippen LogP contribution in [-0.2, 0) is 6.54 Å². The van der Waals surface area contributed by atoms with E-state index in [1.165, 1.54) is 18.2 Å². The Kier molecular flexibility index (Phi) is 10.6. The van der Waals surface area contributed by atoms with Gasteiger partial charge in [-0.1, -0.05) is 13.3 Å². The van der Waals surface area contributed by atoms with Gasteiger partial charge in [0.05, 0.1) is 18.2 Å². The topological polar surface area (TPSA) is 60.2 Å². The molecule has 0 bridgehead atoms. The predicted molar refractivity (Wildman–Crippen MR) is 94.3 cm³/mol. The lowest BCUT2D eigenvalue weighted by molar-refractivity contribution is 0.610. The van der Waals surface area contributed by atoms with E-state index >= 15 is 0 Å². The Bertz CT molecular complexity index is 497. The molecule has 1 aromatic carbocycles. The number of nitriles is 1. The molecule has 0 amide bonds. The molecule has 21 heavy (non-hydrogen) atoms. The van der Waals surface area contributed by atoms with E-state index in [2.05, 4.69) is 22.5 Å². The maximum atomic E-state index is 13.6. The Morgan fingerprint density at radius 3 is 2.71 bits per heavy atom. The van der Waals surface area contributed by atoms with Crippen molar-refractivity contribution in [1.29, 1.82) is 5.26 Å². The van der Waals surface area contributed by atoms with Gasteiger partial charge in [0.25, 0.3) is 0 Å². The summed E-state index contributed by atoms with van der Waals surface area (Å²) in [6.45, 7) is 5.90. The Morgan fingerprint density at radius 1 is 1.33 bits per heavy atom. The number of hydrogen-bond donors (Lipinski definition) is 2. The van der Waals surface area contributed by atoms with Crippen LogP contribution in [0.15, 0.2) is 23.2 Å². The molecule has 0 saturated heterocycles. The molecule has 0 fully saturated rings. The van der Waals surface area contributed by atoms with Crippen LogP contribution in [0, 0.1) is 17.1 Å². The zero-order chi connectivity index (χ0) is 14.8. The first kappa shape index (κ1) is 19.6. The molecule has 1 rings (SSSR count). The lowest BCUT2D eigenvalue weighted by Gasteiger charge is -2.11. The van der Waals surface area contributed by atoms with E-state index in [4.69, 9.17) is 5.26 Å². The van der Waals surface area contributed by atoms with Gasteiger partial charge in [-0.2, -0.15) is 5.26 Å². The molecule has 0 heterocycles. The molecular formula is C15H22FIN4. The number of nitrogens with one attached hydrogen (secondary N) is 2. The van der Waals surface area contributed by atoms with Crippen molar-refractivity contribution in [2.75, 3.05) is 13.1 Å². The first-order valence-electron chi connectivity index (χ1n) is 6.92. The molecule has 2 N–H and O–H groups in total. The van der Waals surface area contributed by atoms with E-state index in [1.807, 2.05) is 13.0 Å². The third-order valence-corrected chi connectivity index (χ3v) is 2.75. The van der Waals surface area contributed by atoms with Gasteiger partial charge in [-0.3, -0.25) is 0 Å². The van der Waals surface area contributed by atoms with Gasteiger partial charge in [-0.05, 0) is 31.5 Å². The van der Waals surface area contributed by atoms with Crippen molar-refractivity contribution in [3.8, 4) is 6.07 Å². The first-order chi connectivity index (χ1) is 9.71. The van der Waals surface area contributed by atoms with Crippen molar-refractivity contribution in [2.45, 2.75) is 33.2 Å². The maximum absolute atomic E-state index is 13.6. The largest absolute Gasteiger partial charge is 0.357 e. The molecule has 0 aliphatic carbocycles. The van der Waals surface area contributed by atoms with Crippen LogP contribution in [0.1, 0.15) is 37.8 Å². The SMILES string of the molecule is CCCCNC(=NCc1cc(C#N)ccc1F)NCC.I. The van der Waals surface area contributed by atoms with Gasteiger partial charge < -0.3 is 10.6 Å². The summed E-state index contributed by atoms with van der Waals surface area (Å²) in [4.78, 5) is 4.34. The summed E-state index contributed by atoms with van der Waals surface area (Å²) < 4.78 is 13.6. The normalized spacial score (nSPS) is 10.5. The first-order valence-corrected chi connectivity index (χ1v) is 6.92. The van der Waals surface area contributed by atoms with E-state index in [0.29, 0.717) is 17.1 Å². The van der Waals surface area contributed by atoms with Crippen molar-refractivity contribution >= 4 is 29.9 Å². The standard InChI is InChI=1S/C15H21FN4.HI/c1-3-5-8-19-15(18-4-2)20-11-13-9-12(10-17)6-7-14(13)16;/h6-7,9H,3-5,8,11H2,1-2H3,(H2,18,19,20);1H. The molecular weight excluding hydrogens is 382 g/mol. The Balaban J connectivity index is 0.00000400. The van der Waals surface area contributed by atoms with E-state index in [-0.39, 0.29) is 36.3 Å². The summed E-state index contributed by atoms with van der Waals surface area (Å²) in [5, 5.41) is 15.1. The molecule has 6 heteroatoms. The molecule has 0 radical (unpaired) electrons. The van der Waals surface area contributed by atoms with Crippen LogP contribution >= 0.6 is 24.0 Å². The van der Waals surface area contributed by atoms with Crippen LogP contribution in [0.3, 0.4) is 0 Å². The van der Waals surface area contributed by atoms with E-state index < -0.39 is 0 Å². The summed E-state index contributed by atoms with van der Waals surface area (Å²) in [7, 11) is 0. The van der Waals surface area contributed by atoms with Crippen molar-refractivity contribution in [3.63, 3.8) is 0 Å². The molecule has 0 saturated carbocycles. The van der Waals surface area contributed by atoms with Crippen molar-refractivity contribution < 1.29 is 4.39 Å². The highest BCUT2D eigenvalue weighted by molar-refractivity contribution is 14.0. The number of benzene rings is 1. The fourth-order valence-corrected chi connectivity index (χ4v) is 1.65. The average molecular weight is 404 g/mol. The predicted octanol–water partition coefficient (Wildman–Crippen LogP) is 3.17. The summed E-state index contributed by atoms with van der Waals surface area (Å²) in [5.74, 6) is 0.333. The van der Waals surface area contributed by atoms with Gasteiger partial charge in [-0.15, -0.1) is 24.0 Å². The molecule has 0 atom stereocenters. The fourth-order valence-electron chi connectivity index (χ4n) is 1.65. The average Bonchev–Trinajstić information content (AvgIpc) is 2.46. The summed E-state index contributed by atoms with van der Waals surface area (Å²) in [5.41, 5.74) is 0.872. The van der Waals surface area contributed by atoms with Crippen LogP contribution in [0.25, 0.3) is 0 Å². The molecule has 0 unspecified atom stereocenters. The Morgan fingerprint density at radius 2 is 2.10 bits per heavy atom. The van der Waals surface area contributed by atoms with Gasteiger partial charge in [0.15, 0.2) is 5.96 Å². The lowest BCUT2D eigenvalue weighted by atomic mass is 10.1. The van der Waals surface area contributed by atoms with E-state index in [9.17, 15) is 4.39 Å². The molecule has 116 valence electrons. The number of unbranched alkanes of at least 4 members (excludes halogenated alkanes) is 1. The van der Waals surface area contributed by atoms with Crippen molar-refractivity contribution in [2.24, 2.45) is 4.99 Å². The molecule has 4 nitrogen and oxygen atoms in total. The number of rotatable bonds is 6. The third kappa shape index (κ3) is 7.27. The van der Waals surface area contributed by atoms with Crippen molar-refractivity contribution in [3.05, 3.63) is 35.1 Å². The second-order valence-corrected chi connectivity index (χ2v) is 4.39. The number of halogens is 2. The summed E-state index contributed by atoms with van der Waals surface area (Å²) in [6.07, 6.45) is 2.16. The molecule has 0 aliphatic heterocycles. The number of hydrogen-bond acceptors (Lipinski definition) is 2. The smallest absolute Gasteiger partial charge is 0.191 e. The van der Waals surface area contributed by atoms with Gasteiger partial charge in [0.2, 0.25) is 0 Å². The molecule has 1 aromatic rings. The zero-order valence-electron chi connectivity index (χ0n) is 12.4. The highest BCUT2D eigenvalue weighted by Crippen LogP contribution is 2.11. The van der Waals surface area contributed by atoms with Crippen LogP contribution in [0.5, 0.6) is 0 Å². The zero-order valence-corrected chi connectivity index (χ0v) is 14.8. The van der Waals surface area contributed by atoms with Crippen LogP contribution < -0.4 is 10.6 Å². The minimum atomic E-state index is -0.336. The quantitative estimate of drug-likeness (QED) is 0.332. The number of guanidine groups is 1. The minimum absolute atomic E-state index is 0. The van der Waals surface area contributed by atoms with Gasteiger partial charge >= 0.3 is 0 Å². The Labute approximate surface area is 142 Å². The number of nitrogens with zero attached hydrogens (tertiary/aromatic N) is 2. The van der Waals surface area contributed by atoms with Gasteiger partial charge in [0.1, 0.15) is 5.82 Å². The van der Waals surface area contributed by atoms with Crippen LogP contribution in [0.2, 0.25) is 0 Å². The van der Waals surface area contributed by atoms with Crippen LogP contribution in [-0.4, -0.2) is 19.0 Å². The van der Waals surface area contributed by atoms with E-state index in [0.717, 1.165) is 25.9 Å². The van der Waals surface area contributed by atoms with Gasteiger partial charge in [0, 0.05) is 18.7 Å². The molecule has 0 aromatic heterocycles. The second-order valence-electron chi connectivity index (χ2n) is 4.39. The van der Waals surface area contributed by atoms with Gasteiger partial charge in [-0.25, -0.2) is 9.38 Å². The summed E-state index contributed by atoms with van der Waals surface area (Å²) in [6, 6.07) is 6.31. The van der Waals surface area contributed by atoms with E-state index in [1.54, 1.807) is 0 Å². The minimum Gasteiger partial charge on any atom is -0.357 e. The molecule has 0 aliphatic rings. The highest BCUT2D eigenvalue weighted by atomic mass is 127. The van der Waals surface area contributed by atoms with Crippen LogP contribution in [0.4, 0.5) is 4.39 Å². The maximum Gasteiger partial charge on any atom is 0.191 e. The third-order valence-electron chi connectivity index (χ3n) is 2.75. The second kappa shape index (κ2) is 11.3. The summed E-state index contributed by atoms with van der Waals surface area (Å²) >= 11 is 0. The fraction of sp³-hybridized carbons (Fsp3) is 0.467. The lowest BCUT2D eigenvalue weighted by Crippen LogP contribution is -2.37. The van der Waals surface area contributed by atoms with Crippen molar-refractivity contribution in [1.82, 2.24) is 10.6 Å². The highest BCUT2D eigenvalue weighted by Gasteiger charge is 2.04.